The molecule has 0 aliphatic carbocycles. The van der Waals surface area contributed by atoms with E-state index in [1.165, 1.54) is 5.57 Å². The van der Waals surface area contributed by atoms with Crippen LogP contribution >= 0.6 is 0 Å². The molecule has 1 aromatic heterocycles. The van der Waals surface area contributed by atoms with Crippen molar-refractivity contribution in [1.82, 2.24) is 4.98 Å². The molecule has 0 N–H and O–H groups in total. The molecule has 1 heterocycles. The molecule has 0 aliphatic heterocycles. The summed E-state index contributed by atoms with van der Waals surface area (Å²) in [6, 6.07) is 5.99. The van der Waals surface area contributed by atoms with E-state index in [-0.39, 0.29) is 0 Å². The maximum absolute atomic E-state index is 4.21. The summed E-state index contributed by atoms with van der Waals surface area (Å²) < 4.78 is 0. The Hall–Kier alpha value is -1.11. The van der Waals surface area contributed by atoms with Crippen molar-refractivity contribution in [3.63, 3.8) is 0 Å². The minimum absolute atomic E-state index is 0.948. The van der Waals surface area contributed by atoms with Crippen LogP contribution in [0, 0.1) is 0 Å². The zero-order valence-corrected chi connectivity index (χ0v) is 7.04. The smallest absolute Gasteiger partial charge is 0.0441 e. The largest absolute Gasteiger partial charge is 0.261 e. The van der Waals surface area contributed by atoms with Crippen LogP contribution in [0.4, 0.5) is 0 Å². The lowest BCUT2D eigenvalue weighted by Crippen LogP contribution is -1.84. The molecular formula is C10H13N. The molecular weight excluding hydrogens is 134 g/mol. The van der Waals surface area contributed by atoms with Gasteiger partial charge in [0.1, 0.15) is 0 Å². The third kappa shape index (κ3) is 2.99. The Morgan fingerprint density at radius 3 is 2.82 bits per heavy atom. The summed E-state index contributed by atoms with van der Waals surface area (Å²) >= 11 is 0. The minimum Gasteiger partial charge on any atom is -0.261 e. The van der Waals surface area contributed by atoms with Gasteiger partial charge in [0.25, 0.3) is 0 Å². The van der Waals surface area contributed by atoms with Gasteiger partial charge >= 0.3 is 0 Å². The summed E-state index contributed by atoms with van der Waals surface area (Å²) in [5.74, 6) is 0. The fourth-order valence-electron chi connectivity index (χ4n) is 0.828. The second-order valence-corrected chi connectivity index (χ2v) is 2.81. The number of allylic oxidation sites excluding steroid dienone is 2. The number of rotatable bonds is 2. The quantitative estimate of drug-likeness (QED) is 0.586. The van der Waals surface area contributed by atoms with Crippen LogP contribution in [0.3, 0.4) is 0 Å². The average Bonchev–Trinajstić information content (AvgIpc) is 2.03. The van der Waals surface area contributed by atoms with Gasteiger partial charge in [-0.25, -0.2) is 0 Å². The molecule has 1 aromatic rings. The van der Waals surface area contributed by atoms with Gasteiger partial charge < -0.3 is 0 Å². The average molecular weight is 147 g/mol. The number of hydrogen-bond acceptors (Lipinski definition) is 1. The van der Waals surface area contributed by atoms with Gasteiger partial charge in [-0.2, -0.15) is 0 Å². The Kier molecular flexibility index (Phi) is 2.84. The molecule has 0 spiro atoms. The predicted octanol–water partition coefficient (Wildman–Crippen LogP) is 2.59. The lowest BCUT2D eigenvalue weighted by Gasteiger charge is -1.93. The van der Waals surface area contributed by atoms with Crippen molar-refractivity contribution >= 4 is 0 Å². The molecule has 0 fully saturated rings. The van der Waals surface area contributed by atoms with Gasteiger partial charge in [-0.05, 0) is 26.0 Å². The lowest BCUT2D eigenvalue weighted by atomic mass is 10.2. The Balaban J connectivity index is 2.59. The highest BCUT2D eigenvalue weighted by Gasteiger charge is 1.87. The van der Waals surface area contributed by atoms with Crippen molar-refractivity contribution in [2.75, 3.05) is 0 Å². The number of pyridine rings is 1. The van der Waals surface area contributed by atoms with Gasteiger partial charge in [-0.1, -0.05) is 17.7 Å². The van der Waals surface area contributed by atoms with Crippen molar-refractivity contribution in [2.24, 2.45) is 0 Å². The molecule has 1 heteroatoms. The van der Waals surface area contributed by atoms with E-state index in [0.717, 1.165) is 12.1 Å². The summed E-state index contributed by atoms with van der Waals surface area (Å²) in [6.07, 6.45) is 4.96. The van der Waals surface area contributed by atoms with Crippen LogP contribution < -0.4 is 0 Å². The number of aromatic nitrogens is 1. The second kappa shape index (κ2) is 3.91. The van der Waals surface area contributed by atoms with E-state index >= 15 is 0 Å². The van der Waals surface area contributed by atoms with Gasteiger partial charge in [0.15, 0.2) is 0 Å². The molecule has 0 aliphatic rings. The van der Waals surface area contributed by atoms with E-state index in [1.54, 1.807) is 0 Å². The SMILES string of the molecule is CC(C)=CCc1ccccn1. The molecule has 0 aromatic carbocycles. The molecule has 0 amide bonds. The second-order valence-electron chi connectivity index (χ2n) is 2.81. The van der Waals surface area contributed by atoms with Gasteiger partial charge in [-0.3, -0.25) is 4.98 Å². The topological polar surface area (TPSA) is 12.9 Å². The summed E-state index contributed by atoms with van der Waals surface area (Å²) in [5.41, 5.74) is 2.48. The molecule has 0 radical (unpaired) electrons. The van der Waals surface area contributed by atoms with Gasteiger partial charge in [0, 0.05) is 18.3 Å². The van der Waals surface area contributed by atoms with Crippen molar-refractivity contribution in [3.8, 4) is 0 Å². The third-order valence-corrected chi connectivity index (χ3v) is 1.45. The highest BCUT2D eigenvalue weighted by Crippen LogP contribution is 1.98. The first-order chi connectivity index (χ1) is 5.29. The fourth-order valence-corrected chi connectivity index (χ4v) is 0.828. The van der Waals surface area contributed by atoms with Crippen LogP contribution in [0.25, 0.3) is 0 Å². The predicted molar refractivity (Wildman–Crippen MR) is 47.4 cm³/mol. The molecule has 0 atom stereocenters. The van der Waals surface area contributed by atoms with Crippen LogP contribution in [0.1, 0.15) is 19.5 Å². The Morgan fingerprint density at radius 1 is 1.45 bits per heavy atom. The van der Waals surface area contributed by atoms with E-state index in [0.29, 0.717) is 0 Å². The van der Waals surface area contributed by atoms with Crippen molar-refractivity contribution in [2.45, 2.75) is 20.3 Å². The van der Waals surface area contributed by atoms with Crippen LogP contribution in [0.15, 0.2) is 36.0 Å². The van der Waals surface area contributed by atoms with E-state index in [1.807, 2.05) is 24.4 Å². The van der Waals surface area contributed by atoms with Gasteiger partial charge in [0.2, 0.25) is 0 Å². The Morgan fingerprint density at radius 2 is 2.27 bits per heavy atom. The maximum Gasteiger partial charge on any atom is 0.0441 e. The molecule has 1 nitrogen and oxygen atoms in total. The van der Waals surface area contributed by atoms with Crippen molar-refractivity contribution in [1.29, 1.82) is 0 Å². The zero-order valence-electron chi connectivity index (χ0n) is 7.04. The van der Waals surface area contributed by atoms with Crippen molar-refractivity contribution in [3.05, 3.63) is 41.7 Å². The standard InChI is InChI=1S/C10H13N/c1-9(2)6-7-10-5-3-4-8-11-10/h3-6,8H,7H2,1-2H3. The molecule has 1 rings (SSSR count). The van der Waals surface area contributed by atoms with Crippen molar-refractivity contribution < 1.29 is 0 Å². The van der Waals surface area contributed by atoms with E-state index < -0.39 is 0 Å². The van der Waals surface area contributed by atoms with Crippen LogP contribution in [-0.4, -0.2) is 4.98 Å². The number of hydrogen-bond donors (Lipinski definition) is 0. The first-order valence-corrected chi connectivity index (χ1v) is 3.82. The molecule has 0 bridgehead atoms. The molecule has 0 saturated carbocycles. The highest BCUT2D eigenvalue weighted by atomic mass is 14.7. The number of nitrogens with zero attached hydrogens (tertiary/aromatic N) is 1. The van der Waals surface area contributed by atoms with E-state index in [2.05, 4.69) is 24.9 Å². The minimum atomic E-state index is 0.948. The first-order valence-electron chi connectivity index (χ1n) is 3.82. The van der Waals surface area contributed by atoms with Crippen LogP contribution in [0.5, 0.6) is 0 Å². The highest BCUT2D eigenvalue weighted by molar-refractivity contribution is 5.09. The van der Waals surface area contributed by atoms with Crippen LogP contribution in [-0.2, 0) is 6.42 Å². The maximum atomic E-state index is 4.21. The first kappa shape index (κ1) is 7.99. The fraction of sp³-hybridized carbons (Fsp3) is 0.300. The Labute approximate surface area is 67.8 Å². The third-order valence-electron chi connectivity index (χ3n) is 1.45. The van der Waals surface area contributed by atoms with Gasteiger partial charge in [-0.15, -0.1) is 0 Å². The summed E-state index contributed by atoms with van der Waals surface area (Å²) in [4.78, 5) is 4.21. The van der Waals surface area contributed by atoms with E-state index in [9.17, 15) is 0 Å². The van der Waals surface area contributed by atoms with Gasteiger partial charge in [0.05, 0.1) is 0 Å². The molecule has 11 heavy (non-hydrogen) atoms. The molecule has 58 valence electrons. The van der Waals surface area contributed by atoms with E-state index in [4.69, 9.17) is 0 Å². The Bertz CT molecular complexity index is 232. The summed E-state index contributed by atoms with van der Waals surface area (Å²) in [6.45, 7) is 4.20. The molecule has 0 saturated heterocycles. The summed E-state index contributed by atoms with van der Waals surface area (Å²) in [7, 11) is 0. The normalized spacial score (nSPS) is 9.27. The lowest BCUT2D eigenvalue weighted by molar-refractivity contribution is 1.09. The van der Waals surface area contributed by atoms with Crippen LogP contribution in [0.2, 0.25) is 0 Å². The monoisotopic (exact) mass is 147 g/mol. The summed E-state index contributed by atoms with van der Waals surface area (Å²) in [5, 5.41) is 0. The zero-order chi connectivity index (χ0) is 8.10. The molecule has 0 unspecified atom stereocenters.